The molecule has 0 atom stereocenters. The van der Waals surface area contributed by atoms with E-state index in [9.17, 15) is 4.79 Å². The van der Waals surface area contributed by atoms with Crippen LogP contribution in [0.5, 0.6) is 11.5 Å². The lowest BCUT2D eigenvalue weighted by Gasteiger charge is -2.05. The molecule has 3 aromatic rings. The molecule has 1 heterocycles. The summed E-state index contributed by atoms with van der Waals surface area (Å²) in [6.07, 6.45) is 1.70. The maximum absolute atomic E-state index is 11.8. The first-order valence-electron chi connectivity index (χ1n) is 7.54. The average Bonchev–Trinajstić information content (AvgIpc) is 3.01. The molecule has 0 bridgehead atoms. The number of nitrogen functional groups attached to an aromatic ring is 1. The lowest BCUT2D eigenvalue weighted by molar-refractivity contribution is -0.120. The number of carbonyl (C=O) groups is 1. The van der Waals surface area contributed by atoms with Gasteiger partial charge in [0.05, 0.1) is 18.3 Å². The number of thiazole rings is 1. The van der Waals surface area contributed by atoms with Gasteiger partial charge in [0, 0.05) is 5.38 Å². The molecule has 0 saturated heterocycles. The second-order valence-electron chi connectivity index (χ2n) is 5.13. The van der Waals surface area contributed by atoms with Crippen LogP contribution in [0.25, 0.3) is 0 Å². The normalized spacial score (nSPS) is 10.7. The molecule has 0 unspecified atom stereocenters. The van der Waals surface area contributed by atoms with E-state index in [0.717, 1.165) is 11.3 Å². The molecule has 0 aliphatic carbocycles. The maximum Gasteiger partial charge on any atom is 0.246 e. The van der Waals surface area contributed by atoms with Gasteiger partial charge in [0.1, 0.15) is 11.5 Å². The van der Waals surface area contributed by atoms with E-state index < -0.39 is 0 Å². The molecule has 126 valence electrons. The highest BCUT2D eigenvalue weighted by Gasteiger charge is 2.05. The number of carbonyl (C=O) groups excluding carboxylic acids is 1. The first-order valence-corrected chi connectivity index (χ1v) is 8.42. The van der Waals surface area contributed by atoms with E-state index in [-0.39, 0.29) is 12.3 Å². The van der Waals surface area contributed by atoms with Crippen molar-refractivity contribution >= 4 is 28.6 Å². The quantitative estimate of drug-likeness (QED) is 0.526. The number of hydrogen-bond acceptors (Lipinski definition) is 6. The number of nitrogens with two attached hydrogens (primary N) is 1. The third kappa shape index (κ3) is 5.15. The molecule has 25 heavy (non-hydrogen) atoms. The number of hydrogen-bond donors (Lipinski definition) is 2. The number of ether oxygens (including phenoxy) is 1. The van der Waals surface area contributed by atoms with Gasteiger partial charge in [-0.3, -0.25) is 4.79 Å². The minimum atomic E-state index is -0.252. The number of nitrogens with one attached hydrogen (secondary N) is 1. The molecule has 3 N–H and O–H groups in total. The molecular formula is C18H16N4O2S. The highest BCUT2D eigenvalue weighted by atomic mass is 32.1. The Morgan fingerprint density at radius 1 is 1.20 bits per heavy atom. The van der Waals surface area contributed by atoms with Crippen LogP contribution in [0.15, 0.2) is 65.1 Å². The Kier molecular flexibility index (Phi) is 5.38. The van der Waals surface area contributed by atoms with E-state index in [1.165, 1.54) is 11.3 Å². The van der Waals surface area contributed by atoms with E-state index in [0.29, 0.717) is 16.6 Å². The fourth-order valence-corrected chi connectivity index (χ4v) is 2.63. The van der Waals surface area contributed by atoms with Crippen LogP contribution in [0.2, 0.25) is 0 Å². The largest absolute Gasteiger partial charge is 0.457 e. The number of nitrogens with zero attached hydrogens (tertiary/aromatic N) is 2. The third-order valence-corrected chi connectivity index (χ3v) is 3.87. The first kappa shape index (κ1) is 16.7. The van der Waals surface area contributed by atoms with Crippen molar-refractivity contribution in [3.63, 3.8) is 0 Å². The van der Waals surface area contributed by atoms with Crippen molar-refractivity contribution < 1.29 is 9.53 Å². The van der Waals surface area contributed by atoms with Gasteiger partial charge in [-0.05, 0) is 29.8 Å². The molecule has 6 nitrogen and oxygen atoms in total. The monoisotopic (exact) mass is 352 g/mol. The van der Waals surface area contributed by atoms with E-state index >= 15 is 0 Å². The molecule has 2 aromatic carbocycles. The summed E-state index contributed by atoms with van der Waals surface area (Å²) in [5, 5.41) is 6.16. The number of anilines is 1. The minimum absolute atomic E-state index is 0.141. The smallest absolute Gasteiger partial charge is 0.246 e. The second kappa shape index (κ2) is 8.07. The van der Waals surface area contributed by atoms with Gasteiger partial charge in [0.25, 0.3) is 0 Å². The predicted molar refractivity (Wildman–Crippen MR) is 98.9 cm³/mol. The number of amides is 1. The van der Waals surface area contributed by atoms with Crippen molar-refractivity contribution in [3.8, 4) is 11.5 Å². The summed E-state index contributed by atoms with van der Waals surface area (Å²) >= 11 is 1.30. The van der Waals surface area contributed by atoms with Crippen LogP contribution in [-0.4, -0.2) is 17.1 Å². The minimum Gasteiger partial charge on any atom is -0.457 e. The average molecular weight is 352 g/mol. The zero-order chi connectivity index (χ0) is 17.5. The molecule has 3 rings (SSSR count). The highest BCUT2D eigenvalue weighted by Crippen LogP contribution is 2.21. The van der Waals surface area contributed by atoms with Gasteiger partial charge in [-0.1, -0.05) is 30.3 Å². The molecule has 1 amide bonds. The van der Waals surface area contributed by atoms with Gasteiger partial charge >= 0.3 is 0 Å². The van der Waals surface area contributed by atoms with Gasteiger partial charge < -0.3 is 10.5 Å². The Balaban J connectivity index is 1.56. The van der Waals surface area contributed by atoms with E-state index in [2.05, 4.69) is 15.5 Å². The number of aromatic nitrogens is 1. The van der Waals surface area contributed by atoms with Crippen LogP contribution in [0.4, 0.5) is 5.13 Å². The lowest BCUT2D eigenvalue weighted by Crippen LogP contribution is -2.19. The molecule has 0 saturated carbocycles. The summed E-state index contributed by atoms with van der Waals surface area (Å²) in [5.74, 6) is 1.20. The van der Waals surface area contributed by atoms with Gasteiger partial charge in [-0.2, -0.15) is 5.10 Å². The summed E-state index contributed by atoms with van der Waals surface area (Å²) in [7, 11) is 0. The number of benzene rings is 2. The summed E-state index contributed by atoms with van der Waals surface area (Å²) in [6, 6.07) is 16.9. The summed E-state index contributed by atoms with van der Waals surface area (Å²) in [6.45, 7) is 0. The second-order valence-corrected chi connectivity index (χ2v) is 6.02. The molecule has 1 aromatic heterocycles. The number of rotatable bonds is 6. The van der Waals surface area contributed by atoms with Crippen molar-refractivity contribution in [1.82, 2.24) is 10.4 Å². The fourth-order valence-electron chi connectivity index (χ4n) is 2.07. The molecule has 0 aliphatic rings. The summed E-state index contributed by atoms with van der Waals surface area (Å²) in [4.78, 5) is 15.8. The van der Waals surface area contributed by atoms with Gasteiger partial charge in [0.2, 0.25) is 5.91 Å². The van der Waals surface area contributed by atoms with Gasteiger partial charge in [-0.25, -0.2) is 10.4 Å². The predicted octanol–water partition coefficient (Wildman–Crippen LogP) is 3.21. The van der Waals surface area contributed by atoms with Gasteiger partial charge in [-0.15, -0.1) is 11.3 Å². The van der Waals surface area contributed by atoms with E-state index in [4.69, 9.17) is 10.5 Å². The Bertz CT molecular complexity index is 878. The van der Waals surface area contributed by atoms with Crippen molar-refractivity contribution in [1.29, 1.82) is 0 Å². The van der Waals surface area contributed by atoms with Crippen molar-refractivity contribution in [3.05, 3.63) is 71.2 Å². The number of para-hydroxylation sites is 1. The van der Waals surface area contributed by atoms with Crippen LogP contribution in [-0.2, 0) is 11.2 Å². The molecule has 0 radical (unpaired) electrons. The zero-order valence-corrected chi connectivity index (χ0v) is 14.1. The Labute approximate surface area is 149 Å². The van der Waals surface area contributed by atoms with Crippen molar-refractivity contribution in [2.24, 2.45) is 5.10 Å². The number of hydrazone groups is 1. The maximum atomic E-state index is 11.8. The standard InChI is InChI=1S/C18H16N4O2S/c19-18-21-14(12-25-18)10-17(23)22-20-11-13-5-4-8-16(9-13)24-15-6-2-1-3-7-15/h1-9,11-12H,10H2,(H2,19,21)(H,22,23)/b20-11+. The van der Waals surface area contributed by atoms with Crippen molar-refractivity contribution in [2.45, 2.75) is 6.42 Å². The van der Waals surface area contributed by atoms with Gasteiger partial charge in [0.15, 0.2) is 5.13 Å². The van der Waals surface area contributed by atoms with Crippen molar-refractivity contribution in [2.75, 3.05) is 5.73 Å². The van der Waals surface area contributed by atoms with Crippen LogP contribution in [0, 0.1) is 0 Å². The van der Waals surface area contributed by atoms with E-state index in [1.54, 1.807) is 11.6 Å². The Morgan fingerprint density at radius 3 is 2.76 bits per heavy atom. The molecule has 7 heteroatoms. The Hall–Kier alpha value is -3.19. The fraction of sp³-hybridized carbons (Fsp3) is 0.0556. The third-order valence-electron chi connectivity index (χ3n) is 3.15. The lowest BCUT2D eigenvalue weighted by atomic mass is 10.2. The molecular weight excluding hydrogens is 336 g/mol. The van der Waals surface area contributed by atoms with E-state index in [1.807, 2.05) is 54.6 Å². The molecule has 0 aliphatic heterocycles. The highest BCUT2D eigenvalue weighted by molar-refractivity contribution is 7.13. The van der Waals surface area contributed by atoms with Crippen LogP contribution < -0.4 is 15.9 Å². The van der Waals surface area contributed by atoms with Crippen LogP contribution >= 0.6 is 11.3 Å². The molecule has 0 fully saturated rings. The van der Waals surface area contributed by atoms with Crippen LogP contribution in [0.3, 0.4) is 0 Å². The van der Waals surface area contributed by atoms with Crippen LogP contribution in [0.1, 0.15) is 11.3 Å². The Morgan fingerprint density at radius 2 is 2.00 bits per heavy atom. The summed E-state index contributed by atoms with van der Waals surface area (Å²) < 4.78 is 5.76. The first-order chi connectivity index (χ1) is 12.2. The summed E-state index contributed by atoms with van der Waals surface area (Å²) in [5.41, 5.74) is 9.45. The topological polar surface area (TPSA) is 89.6 Å². The zero-order valence-electron chi connectivity index (χ0n) is 13.3. The molecule has 0 spiro atoms. The SMILES string of the molecule is Nc1nc(CC(=O)N/N=C/c2cccc(Oc3ccccc3)c2)cs1.